The Balaban J connectivity index is 1.54. The van der Waals surface area contributed by atoms with Crippen LogP contribution in [0.1, 0.15) is 27.2 Å². The Morgan fingerprint density at radius 2 is 2.00 bits per heavy atom. The van der Waals surface area contributed by atoms with Gasteiger partial charge >= 0.3 is 6.18 Å². The smallest absolute Gasteiger partial charge is 0.392 e. The quantitative estimate of drug-likeness (QED) is 0.317. The van der Waals surface area contributed by atoms with Crippen LogP contribution in [-0.2, 0) is 37.7 Å². The number of fused-ring (bicyclic) bond motifs is 1. The van der Waals surface area contributed by atoms with Gasteiger partial charge < -0.3 is 24.6 Å². The van der Waals surface area contributed by atoms with Gasteiger partial charge in [0.1, 0.15) is 22.9 Å². The van der Waals surface area contributed by atoms with Crippen LogP contribution in [0.3, 0.4) is 0 Å². The van der Waals surface area contributed by atoms with Crippen molar-refractivity contribution in [2.75, 3.05) is 19.0 Å². The van der Waals surface area contributed by atoms with Gasteiger partial charge in [-0.1, -0.05) is 6.07 Å². The minimum Gasteiger partial charge on any atom is -0.392 e. The lowest BCUT2D eigenvalue weighted by Crippen LogP contribution is -2.49. The molecule has 14 heteroatoms. The molecule has 0 saturated carbocycles. The average molecular weight is 560 g/mol. The number of benzene rings is 1. The molecular weight excluding hydrogens is 534 g/mol. The fourth-order valence-electron chi connectivity index (χ4n) is 4.70. The number of carbonyl (C=O) groups is 1. The van der Waals surface area contributed by atoms with Gasteiger partial charge in [-0.05, 0) is 29.3 Å². The minimum atomic E-state index is -4.75. The van der Waals surface area contributed by atoms with Gasteiger partial charge in [0.05, 0.1) is 31.1 Å². The maximum Gasteiger partial charge on any atom is 0.419 e. The summed E-state index contributed by atoms with van der Waals surface area (Å²) in [6, 6.07) is 6.36. The molecule has 0 saturated heterocycles. The van der Waals surface area contributed by atoms with Crippen molar-refractivity contribution >= 4 is 17.7 Å². The molecule has 40 heavy (non-hydrogen) atoms. The molecular formula is C26H25F4N7O3. The number of ether oxygens (including phenoxy) is 1. The molecule has 4 heterocycles. The highest BCUT2D eigenvalue weighted by Crippen LogP contribution is 2.38. The molecule has 1 amide bonds. The number of hydrogen-bond donors (Lipinski definition) is 2. The van der Waals surface area contributed by atoms with Crippen LogP contribution >= 0.6 is 0 Å². The van der Waals surface area contributed by atoms with Crippen LogP contribution in [0.2, 0.25) is 0 Å². The van der Waals surface area contributed by atoms with E-state index in [1.807, 2.05) is 0 Å². The molecule has 3 aromatic heterocycles. The molecule has 0 fully saturated rings. The Hall–Kier alpha value is -4.30. The number of methoxy groups -OCH3 is 1. The summed E-state index contributed by atoms with van der Waals surface area (Å²) in [7, 11) is 3.12. The predicted octanol–water partition coefficient (Wildman–Crippen LogP) is 3.74. The largest absolute Gasteiger partial charge is 0.419 e. The van der Waals surface area contributed by atoms with E-state index in [0.717, 1.165) is 0 Å². The highest BCUT2D eigenvalue weighted by molar-refractivity contribution is 5.95. The number of aromatic nitrogens is 5. The summed E-state index contributed by atoms with van der Waals surface area (Å²) in [6.07, 6.45) is -1.11. The molecule has 5 rings (SSSR count). The third-order valence-electron chi connectivity index (χ3n) is 6.69. The first-order valence-electron chi connectivity index (χ1n) is 12.2. The summed E-state index contributed by atoms with van der Waals surface area (Å²) in [5, 5.41) is 16.6. The molecule has 0 aliphatic carbocycles. The van der Waals surface area contributed by atoms with Gasteiger partial charge in [0, 0.05) is 51.3 Å². The zero-order valence-corrected chi connectivity index (χ0v) is 21.5. The van der Waals surface area contributed by atoms with Gasteiger partial charge in [-0.3, -0.25) is 9.48 Å². The second kappa shape index (κ2) is 10.7. The Morgan fingerprint density at radius 1 is 1.20 bits per heavy atom. The lowest BCUT2D eigenvalue weighted by molar-refractivity contribution is -0.137. The number of halogens is 4. The molecule has 0 spiro atoms. The molecule has 210 valence electrons. The second-order valence-electron chi connectivity index (χ2n) is 9.30. The van der Waals surface area contributed by atoms with Gasteiger partial charge in [-0.2, -0.15) is 18.3 Å². The molecule has 1 aliphatic rings. The van der Waals surface area contributed by atoms with Crippen molar-refractivity contribution in [3.05, 3.63) is 77.1 Å². The molecule has 1 unspecified atom stereocenters. The van der Waals surface area contributed by atoms with Crippen molar-refractivity contribution in [3.63, 3.8) is 0 Å². The number of alkyl halides is 3. The third kappa shape index (κ3) is 5.27. The van der Waals surface area contributed by atoms with Gasteiger partial charge in [0.25, 0.3) is 5.91 Å². The Bertz CT molecular complexity index is 1550. The van der Waals surface area contributed by atoms with Crippen molar-refractivity contribution in [1.29, 1.82) is 0 Å². The van der Waals surface area contributed by atoms with E-state index in [1.165, 1.54) is 53.4 Å². The normalized spacial score (nSPS) is 15.4. The maximum atomic E-state index is 14.0. The zero-order valence-electron chi connectivity index (χ0n) is 21.5. The fraction of sp³-hybridized carbons (Fsp3) is 0.308. The predicted molar refractivity (Wildman–Crippen MR) is 135 cm³/mol. The van der Waals surface area contributed by atoms with Gasteiger partial charge in [0.2, 0.25) is 5.95 Å². The van der Waals surface area contributed by atoms with Crippen LogP contribution < -0.4 is 5.32 Å². The van der Waals surface area contributed by atoms with E-state index in [2.05, 4.69) is 20.4 Å². The lowest BCUT2D eigenvalue weighted by atomic mass is 10.0. The van der Waals surface area contributed by atoms with Crippen molar-refractivity contribution in [1.82, 2.24) is 29.2 Å². The summed E-state index contributed by atoms with van der Waals surface area (Å²) in [5.74, 6) is -0.619. The van der Waals surface area contributed by atoms with Crippen LogP contribution in [-0.4, -0.2) is 60.0 Å². The molecule has 10 nitrogen and oxygen atoms in total. The third-order valence-corrected chi connectivity index (χ3v) is 6.69. The number of anilines is 2. The highest BCUT2D eigenvalue weighted by Gasteiger charge is 2.38. The highest BCUT2D eigenvalue weighted by atomic mass is 19.4. The maximum absolute atomic E-state index is 14.0. The van der Waals surface area contributed by atoms with Crippen molar-refractivity contribution in [2.45, 2.75) is 31.9 Å². The van der Waals surface area contributed by atoms with Gasteiger partial charge in [-0.15, -0.1) is 0 Å². The molecule has 1 aromatic carbocycles. The zero-order chi connectivity index (χ0) is 28.6. The number of amides is 1. The van der Waals surface area contributed by atoms with E-state index in [1.54, 1.807) is 17.7 Å². The van der Waals surface area contributed by atoms with Crippen LogP contribution in [0.4, 0.5) is 29.3 Å². The molecule has 0 bridgehead atoms. The average Bonchev–Trinajstić information content (AvgIpc) is 3.52. The Kier molecular flexibility index (Phi) is 7.29. The molecule has 4 aromatic rings. The first kappa shape index (κ1) is 27.3. The SMILES string of the molecule is COCC1Cn2cc(-c3nc(Nc4ccnn4C)ncc3C(F)(F)F)cc2C(=O)N1Cc1cc(F)ccc1CO. The van der Waals surface area contributed by atoms with E-state index in [4.69, 9.17) is 4.74 Å². The monoisotopic (exact) mass is 559 g/mol. The first-order chi connectivity index (χ1) is 19.1. The minimum absolute atomic E-state index is 0.0267. The number of nitrogens with one attached hydrogen (secondary N) is 1. The summed E-state index contributed by atoms with van der Waals surface area (Å²) in [5.41, 5.74) is -0.377. The van der Waals surface area contributed by atoms with Crippen molar-refractivity contribution in [2.24, 2.45) is 7.05 Å². The van der Waals surface area contributed by atoms with E-state index in [-0.39, 0.29) is 43.5 Å². The van der Waals surface area contributed by atoms with Gasteiger partial charge in [-0.25, -0.2) is 14.4 Å². The van der Waals surface area contributed by atoms with Crippen molar-refractivity contribution in [3.8, 4) is 11.3 Å². The number of rotatable bonds is 8. The van der Waals surface area contributed by atoms with E-state index in [9.17, 15) is 27.5 Å². The van der Waals surface area contributed by atoms with Gasteiger partial charge in [0.15, 0.2) is 0 Å². The molecule has 0 radical (unpaired) electrons. The summed E-state index contributed by atoms with van der Waals surface area (Å²) in [4.78, 5) is 23.1. The van der Waals surface area contributed by atoms with Crippen LogP contribution in [0.15, 0.2) is 48.9 Å². The number of aliphatic hydroxyl groups is 1. The number of nitrogens with zero attached hydrogens (tertiary/aromatic N) is 6. The first-order valence-corrected chi connectivity index (χ1v) is 12.2. The molecule has 1 aliphatic heterocycles. The van der Waals surface area contributed by atoms with Crippen LogP contribution in [0.25, 0.3) is 11.3 Å². The second-order valence-corrected chi connectivity index (χ2v) is 9.30. The summed E-state index contributed by atoms with van der Waals surface area (Å²) >= 11 is 0. The lowest BCUT2D eigenvalue weighted by Gasteiger charge is -2.36. The summed E-state index contributed by atoms with van der Waals surface area (Å²) < 4.78 is 64.3. The van der Waals surface area contributed by atoms with Crippen LogP contribution in [0.5, 0.6) is 0 Å². The fourth-order valence-corrected chi connectivity index (χ4v) is 4.70. The number of hydrogen-bond acceptors (Lipinski definition) is 7. The molecule has 2 N–H and O–H groups in total. The Morgan fingerprint density at radius 3 is 2.67 bits per heavy atom. The van der Waals surface area contributed by atoms with E-state index >= 15 is 0 Å². The number of aliphatic hydroxyl groups excluding tert-OH is 1. The Labute approximate surface area is 225 Å². The summed E-state index contributed by atoms with van der Waals surface area (Å²) in [6.45, 7) is -0.0366. The van der Waals surface area contributed by atoms with E-state index < -0.39 is 35.2 Å². The molecule has 1 atom stereocenters. The number of carbonyl (C=O) groups excluding carboxylic acids is 1. The van der Waals surface area contributed by atoms with Crippen molar-refractivity contribution < 1.29 is 32.2 Å². The van der Waals surface area contributed by atoms with E-state index in [0.29, 0.717) is 23.1 Å². The standard InChI is InChI=1S/C26H25F4N7O3/c1-35-22(5-6-32-35)33-25-31-9-20(26(28,29)30)23(34-25)17-8-21-24(39)37(19(14-40-2)12-36(21)10-17)11-16-7-18(27)4-3-15(16)13-38/h3-10,19,38H,11-14H2,1-2H3,(H,31,33,34). The topological polar surface area (TPSA) is 110 Å². The number of aryl methyl sites for hydroxylation is 1. The van der Waals surface area contributed by atoms with Crippen LogP contribution in [0, 0.1) is 5.82 Å².